The van der Waals surface area contributed by atoms with Crippen LogP contribution in [0.15, 0.2) is 0 Å². The van der Waals surface area contributed by atoms with E-state index < -0.39 is 24.4 Å². The maximum absolute atomic E-state index is 12.0. The van der Waals surface area contributed by atoms with Crippen LogP contribution in [-0.2, 0) is 4.79 Å². The van der Waals surface area contributed by atoms with Crippen molar-refractivity contribution in [3.63, 3.8) is 0 Å². The van der Waals surface area contributed by atoms with Gasteiger partial charge in [-0.1, -0.05) is 19.8 Å². The van der Waals surface area contributed by atoms with E-state index in [-0.39, 0.29) is 18.8 Å². The standard InChI is InChI=1S/C8H15F2NO2.ClH/c1-2-3-4-8(11,7(12)13)5-6(9)10;/h6H,2-5,11H2,1H3,(H,12,13);1H. The summed E-state index contributed by atoms with van der Waals surface area (Å²) in [5, 5.41) is 8.65. The average molecular weight is 232 g/mol. The first-order valence-corrected chi connectivity index (χ1v) is 4.23. The maximum atomic E-state index is 12.0. The van der Waals surface area contributed by atoms with Gasteiger partial charge in [-0.3, -0.25) is 4.79 Å². The molecule has 14 heavy (non-hydrogen) atoms. The van der Waals surface area contributed by atoms with Crippen LogP contribution in [0.4, 0.5) is 8.78 Å². The molecular formula is C8H16ClF2NO2. The van der Waals surface area contributed by atoms with Gasteiger partial charge in [0.05, 0.1) is 0 Å². The smallest absolute Gasteiger partial charge is 0.323 e. The molecule has 0 bridgehead atoms. The fraction of sp³-hybridized carbons (Fsp3) is 0.875. The van der Waals surface area contributed by atoms with Crippen molar-refractivity contribution in [2.45, 2.75) is 44.6 Å². The van der Waals surface area contributed by atoms with Gasteiger partial charge in [0.25, 0.3) is 0 Å². The van der Waals surface area contributed by atoms with Gasteiger partial charge in [0.1, 0.15) is 5.54 Å². The third-order valence-electron chi connectivity index (χ3n) is 1.92. The highest BCUT2D eigenvalue weighted by Gasteiger charge is 2.36. The zero-order chi connectivity index (χ0) is 10.5. The minimum atomic E-state index is -2.67. The van der Waals surface area contributed by atoms with Gasteiger partial charge in [0, 0.05) is 6.42 Å². The molecule has 1 unspecified atom stereocenters. The Labute approximate surface area is 88.1 Å². The molecule has 0 saturated heterocycles. The third kappa shape index (κ3) is 5.34. The molecule has 0 saturated carbocycles. The first-order chi connectivity index (χ1) is 5.92. The highest BCUT2D eigenvalue weighted by atomic mass is 35.5. The van der Waals surface area contributed by atoms with Crippen molar-refractivity contribution in [1.29, 1.82) is 0 Å². The van der Waals surface area contributed by atoms with Crippen molar-refractivity contribution >= 4 is 18.4 Å². The van der Waals surface area contributed by atoms with Crippen molar-refractivity contribution < 1.29 is 18.7 Å². The van der Waals surface area contributed by atoms with E-state index in [0.29, 0.717) is 6.42 Å². The Bertz CT molecular complexity index is 181. The van der Waals surface area contributed by atoms with Crippen LogP contribution in [0.1, 0.15) is 32.6 Å². The van der Waals surface area contributed by atoms with Crippen molar-refractivity contribution in [3.05, 3.63) is 0 Å². The number of hydrogen-bond donors (Lipinski definition) is 2. The van der Waals surface area contributed by atoms with Crippen LogP contribution in [0.3, 0.4) is 0 Å². The molecule has 0 aromatic carbocycles. The van der Waals surface area contributed by atoms with Crippen LogP contribution in [0.25, 0.3) is 0 Å². The van der Waals surface area contributed by atoms with Crippen molar-refractivity contribution in [1.82, 2.24) is 0 Å². The molecule has 0 spiro atoms. The third-order valence-corrected chi connectivity index (χ3v) is 1.92. The van der Waals surface area contributed by atoms with Gasteiger partial charge in [0.15, 0.2) is 0 Å². The van der Waals surface area contributed by atoms with Gasteiger partial charge in [-0.2, -0.15) is 0 Å². The van der Waals surface area contributed by atoms with Crippen LogP contribution in [0.2, 0.25) is 0 Å². The fourth-order valence-corrected chi connectivity index (χ4v) is 1.06. The Morgan fingerprint density at radius 2 is 2.07 bits per heavy atom. The largest absolute Gasteiger partial charge is 0.480 e. The Balaban J connectivity index is 0. The summed E-state index contributed by atoms with van der Waals surface area (Å²) in [4.78, 5) is 10.6. The molecule has 0 aromatic heterocycles. The van der Waals surface area contributed by atoms with Gasteiger partial charge in [-0.25, -0.2) is 8.78 Å². The summed E-state index contributed by atoms with van der Waals surface area (Å²) in [5.74, 6) is -1.35. The Kier molecular flexibility index (Phi) is 7.96. The molecule has 0 fully saturated rings. The van der Waals surface area contributed by atoms with Crippen molar-refractivity contribution in [3.8, 4) is 0 Å². The Morgan fingerprint density at radius 3 is 2.36 bits per heavy atom. The van der Waals surface area contributed by atoms with Gasteiger partial charge < -0.3 is 10.8 Å². The van der Waals surface area contributed by atoms with E-state index in [9.17, 15) is 13.6 Å². The van der Waals surface area contributed by atoms with Crippen LogP contribution in [-0.4, -0.2) is 23.0 Å². The van der Waals surface area contributed by atoms with Crippen LogP contribution in [0.5, 0.6) is 0 Å². The lowest BCUT2D eigenvalue weighted by atomic mass is 9.90. The molecule has 0 amide bonds. The minimum absolute atomic E-state index is 0. The average Bonchev–Trinajstić information content (AvgIpc) is 1.99. The first-order valence-electron chi connectivity index (χ1n) is 4.23. The number of carboxylic acid groups (broad SMARTS) is 1. The van der Waals surface area contributed by atoms with Crippen LogP contribution >= 0.6 is 12.4 Å². The lowest BCUT2D eigenvalue weighted by Gasteiger charge is -2.23. The molecule has 0 aliphatic carbocycles. The van der Waals surface area contributed by atoms with E-state index in [4.69, 9.17) is 10.8 Å². The van der Waals surface area contributed by atoms with Crippen molar-refractivity contribution in [2.24, 2.45) is 5.73 Å². The second-order valence-corrected chi connectivity index (χ2v) is 3.16. The monoisotopic (exact) mass is 231 g/mol. The van der Waals surface area contributed by atoms with Crippen LogP contribution < -0.4 is 5.73 Å². The maximum Gasteiger partial charge on any atom is 0.323 e. The predicted molar refractivity (Wildman–Crippen MR) is 51.9 cm³/mol. The SMILES string of the molecule is CCCCC(N)(CC(F)F)C(=O)O.Cl. The van der Waals surface area contributed by atoms with Crippen LogP contribution in [0, 0.1) is 0 Å². The Hall–Kier alpha value is -0.420. The molecule has 0 rings (SSSR count). The van der Waals surface area contributed by atoms with E-state index in [1.165, 1.54) is 0 Å². The lowest BCUT2D eigenvalue weighted by molar-refractivity contribution is -0.145. The number of carbonyl (C=O) groups is 1. The molecule has 6 heteroatoms. The molecule has 3 N–H and O–H groups in total. The molecule has 1 atom stereocenters. The molecular weight excluding hydrogens is 216 g/mol. The predicted octanol–water partition coefficient (Wildman–Crippen LogP) is 2.04. The zero-order valence-corrected chi connectivity index (χ0v) is 8.82. The summed E-state index contributed by atoms with van der Waals surface area (Å²) in [6.07, 6.45) is -2.05. The van der Waals surface area contributed by atoms with E-state index in [2.05, 4.69) is 0 Å². The molecule has 86 valence electrons. The van der Waals surface area contributed by atoms with Gasteiger partial charge in [-0.05, 0) is 6.42 Å². The highest BCUT2D eigenvalue weighted by Crippen LogP contribution is 2.20. The zero-order valence-electron chi connectivity index (χ0n) is 8.00. The van der Waals surface area contributed by atoms with E-state index in [1.54, 1.807) is 0 Å². The lowest BCUT2D eigenvalue weighted by Crippen LogP contribution is -2.49. The minimum Gasteiger partial charge on any atom is -0.480 e. The Morgan fingerprint density at radius 1 is 1.57 bits per heavy atom. The number of hydrogen-bond acceptors (Lipinski definition) is 2. The highest BCUT2D eigenvalue weighted by molar-refractivity contribution is 5.85. The van der Waals surface area contributed by atoms with Gasteiger partial charge in [0.2, 0.25) is 6.43 Å². The summed E-state index contributed by atoms with van der Waals surface area (Å²) >= 11 is 0. The van der Waals surface area contributed by atoms with E-state index in [0.717, 1.165) is 6.42 Å². The number of carboxylic acids is 1. The summed E-state index contributed by atoms with van der Waals surface area (Å²) < 4.78 is 23.9. The van der Waals surface area contributed by atoms with Crippen molar-refractivity contribution in [2.75, 3.05) is 0 Å². The quantitative estimate of drug-likeness (QED) is 0.735. The number of halogens is 3. The first kappa shape index (κ1) is 16.0. The molecule has 0 heterocycles. The molecule has 0 aliphatic heterocycles. The number of rotatable bonds is 6. The summed E-state index contributed by atoms with van der Waals surface area (Å²) in [7, 11) is 0. The number of alkyl halides is 2. The summed E-state index contributed by atoms with van der Waals surface area (Å²) in [6.45, 7) is 1.85. The topological polar surface area (TPSA) is 63.3 Å². The van der Waals surface area contributed by atoms with Gasteiger partial charge in [-0.15, -0.1) is 12.4 Å². The second-order valence-electron chi connectivity index (χ2n) is 3.16. The normalized spacial score (nSPS) is 14.6. The second kappa shape index (κ2) is 6.95. The number of aliphatic carboxylic acids is 1. The molecule has 0 aromatic rings. The summed E-state index contributed by atoms with van der Waals surface area (Å²) in [6, 6.07) is 0. The summed E-state index contributed by atoms with van der Waals surface area (Å²) in [5.41, 5.74) is 3.59. The van der Waals surface area contributed by atoms with Gasteiger partial charge >= 0.3 is 5.97 Å². The number of nitrogens with two attached hydrogens (primary N) is 1. The number of unbranched alkanes of at least 4 members (excludes halogenated alkanes) is 1. The molecule has 0 radical (unpaired) electrons. The molecule has 3 nitrogen and oxygen atoms in total. The van der Waals surface area contributed by atoms with E-state index in [1.807, 2.05) is 6.92 Å². The van der Waals surface area contributed by atoms with E-state index >= 15 is 0 Å². The molecule has 0 aliphatic rings. The fourth-order valence-electron chi connectivity index (χ4n) is 1.06.